The molecule has 1 aliphatic heterocycles. The second kappa shape index (κ2) is 7.31. The predicted molar refractivity (Wildman–Crippen MR) is 98.0 cm³/mol. The zero-order valence-corrected chi connectivity index (χ0v) is 15.4. The molecule has 29 heavy (non-hydrogen) atoms. The third-order valence-corrected chi connectivity index (χ3v) is 4.64. The maximum atomic E-state index is 13.6. The van der Waals surface area contributed by atoms with Gasteiger partial charge in [-0.1, -0.05) is 0 Å². The Labute approximate surface area is 163 Å². The van der Waals surface area contributed by atoms with Crippen LogP contribution < -0.4 is 10.6 Å². The van der Waals surface area contributed by atoms with E-state index in [0.717, 1.165) is 6.20 Å². The molecule has 11 nitrogen and oxygen atoms in total. The number of amides is 1. The number of aromatic nitrogens is 5. The van der Waals surface area contributed by atoms with Crippen molar-refractivity contribution in [2.24, 2.45) is 0 Å². The number of rotatable bonds is 4. The SMILES string of the molecule is CNC(=O)[C@@H]1OC(n2cnc3c(NC)nc(-c4cncc(F)c4)nc32)C(O)C1O. The van der Waals surface area contributed by atoms with E-state index in [-0.39, 0.29) is 11.5 Å². The summed E-state index contributed by atoms with van der Waals surface area (Å²) in [5, 5.41) is 25.9. The Kier molecular flexibility index (Phi) is 4.82. The van der Waals surface area contributed by atoms with Gasteiger partial charge in [-0.25, -0.2) is 19.3 Å². The first kappa shape index (κ1) is 19.1. The number of pyridine rings is 1. The summed E-state index contributed by atoms with van der Waals surface area (Å²) in [6, 6.07) is 1.24. The lowest BCUT2D eigenvalue weighted by Gasteiger charge is -2.17. The largest absolute Gasteiger partial charge is 0.387 e. The average molecular weight is 403 g/mol. The number of halogens is 1. The van der Waals surface area contributed by atoms with Crippen LogP contribution in [0.15, 0.2) is 24.8 Å². The van der Waals surface area contributed by atoms with Gasteiger partial charge in [-0.3, -0.25) is 14.3 Å². The Hall–Kier alpha value is -3.22. The third kappa shape index (κ3) is 3.16. The van der Waals surface area contributed by atoms with Gasteiger partial charge in [-0.15, -0.1) is 0 Å². The fourth-order valence-electron chi connectivity index (χ4n) is 3.19. The summed E-state index contributed by atoms with van der Waals surface area (Å²) in [6.07, 6.45) is -1.37. The molecule has 12 heteroatoms. The molecule has 4 N–H and O–H groups in total. The lowest BCUT2D eigenvalue weighted by atomic mass is 10.1. The van der Waals surface area contributed by atoms with E-state index in [0.29, 0.717) is 16.9 Å². The standard InChI is InChI=1S/C17H18FN7O4/c1-19-14-9-15(24-13(23-14)7-3-8(18)5-21-4-7)25(6-22-9)17-11(27)10(26)12(29-17)16(28)20-2/h3-6,10-12,17,26-27H,1-2H3,(H,20,28)(H,19,23,24)/t10?,11?,12-,17?/m1/s1. The summed E-state index contributed by atoms with van der Waals surface area (Å²) < 4.78 is 20.6. The summed E-state index contributed by atoms with van der Waals surface area (Å²) in [6.45, 7) is 0. The molecule has 0 spiro atoms. The minimum absolute atomic E-state index is 0.173. The van der Waals surface area contributed by atoms with Gasteiger partial charge in [-0.2, -0.15) is 0 Å². The van der Waals surface area contributed by atoms with Crippen LogP contribution >= 0.6 is 0 Å². The monoisotopic (exact) mass is 403 g/mol. The molecule has 0 saturated carbocycles. The number of nitrogens with one attached hydrogen (secondary N) is 2. The van der Waals surface area contributed by atoms with E-state index >= 15 is 0 Å². The van der Waals surface area contributed by atoms with Crippen LogP contribution in [0.3, 0.4) is 0 Å². The minimum atomic E-state index is -1.44. The highest BCUT2D eigenvalue weighted by Gasteiger charge is 2.47. The first-order valence-electron chi connectivity index (χ1n) is 8.71. The molecule has 0 aromatic carbocycles. The maximum absolute atomic E-state index is 13.6. The number of carbonyl (C=O) groups is 1. The molecule has 3 unspecified atom stereocenters. The van der Waals surface area contributed by atoms with Crippen molar-refractivity contribution in [1.82, 2.24) is 29.8 Å². The number of anilines is 1. The van der Waals surface area contributed by atoms with Crippen molar-refractivity contribution in [1.29, 1.82) is 0 Å². The number of aliphatic hydroxyl groups excluding tert-OH is 2. The van der Waals surface area contributed by atoms with Crippen LogP contribution in [0.1, 0.15) is 6.23 Å². The van der Waals surface area contributed by atoms with Crippen molar-refractivity contribution >= 4 is 22.9 Å². The highest BCUT2D eigenvalue weighted by atomic mass is 19.1. The van der Waals surface area contributed by atoms with E-state index < -0.39 is 36.3 Å². The normalized spacial score (nSPS) is 24.0. The number of fused-ring (bicyclic) bond motifs is 1. The summed E-state index contributed by atoms with van der Waals surface area (Å²) in [5.74, 6) is -0.576. The lowest BCUT2D eigenvalue weighted by Crippen LogP contribution is -2.41. The Balaban J connectivity index is 1.82. The number of likely N-dealkylation sites (N-methyl/N-ethyl adjacent to an activating group) is 1. The second-order valence-electron chi connectivity index (χ2n) is 6.40. The van der Waals surface area contributed by atoms with Gasteiger partial charge in [0, 0.05) is 25.9 Å². The molecule has 1 aliphatic rings. The Bertz CT molecular complexity index is 1080. The van der Waals surface area contributed by atoms with Crippen molar-refractivity contribution in [2.75, 3.05) is 19.4 Å². The molecule has 4 rings (SSSR count). The van der Waals surface area contributed by atoms with Gasteiger partial charge in [-0.05, 0) is 6.07 Å². The minimum Gasteiger partial charge on any atom is -0.387 e. The number of hydrogen-bond acceptors (Lipinski definition) is 9. The summed E-state index contributed by atoms with van der Waals surface area (Å²) in [4.78, 5) is 28.7. The zero-order valence-electron chi connectivity index (χ0n) is 15.4. The molecule has 3 aromatic heterocycles. The molecule has 0 aliphatic carbocycles. The van der Waals surface area contributed by atoms with Crippen molar-refractivity contribution < 1.29 is 24.1 Å². The number of aliphatic hydroxyl groups is 2. The van der Waals surface area contributed by atoms with E-state index in [1.807, 2.05) is 0 Å². The van der Waals surface area contributed by atoms with Crippen LogP contribution in [-0.4, -0.2) is 73.0 Å². The van der Waals surface area contributed by atoms with Crippen molar-refractivity contribution in [3.63, 3.8) is 0 Å². The summed E-state index contributed by atoms with van der Waals surface area (Å²) in [5.41, 5.74) is 0.971. The van der Waals surface area contributed by atoms with Gasteiger partial charge < -0.3 is 25.6 Å². The van der Waals surface area contributed by atoms with Gasteiger partial charge >= 0.3 is 0 Å². The van der Waals surface area contributed by atoms with Crippen LogP contribution in [0.25, 0.3) is 22.6 Å². The van der Waals surface area contributed by atoms with Crippen LogP contribution in [0, 0.1) is 5.82 Å². The molecular weight excluding hydrogens is 385 g/mol. The van der Waals surface area contributed by atoms with Crippen molar-refractivity contribution in [3.05, 3.63) is 30.6 Å². The van der Waals surface area contributed by atoms with Crippen LogP contribution in [0.2, 0.25) is 0 Å². The topological polar surface area (TPSA) is 147 Å². The second-order valence-corrected chi connectivity index (χ2v) is 6.40. The van der Waals surface area contributed by atoms with Gasteiger partial charge in [0.15, 0.2) is 35.1 Å². The highest BCUT2D eigenvalue weighted by molar-refractivity contribution is 5.85. The lowest BCUT2D eigenvalue weighted by molar-refractivity contribution is -0.137. The smallest absolute Gasteiger partial charge is 0.251 e. The quantitative estimate of drug-likeness (QED) is 0.450. The zero-order chi connectivity index (χ0) is 20.7. The van der Waals surface area contributed by atoms with E-state index in [9.17, 15) is 19.4 Å². The number of hydrogen-bond donors (Lipinski definition) is 4. The number of ether oxygens (including phenoxy) is 1. The molecule has 1 fully saturated rings. The molecule has 4 heterocycles. The van der Waals surface area contributed by atoms with E-state index in [4.69, 9.17) is 4.74 Å². The average Bonchev–Trinajstić information content (AvgIpc) is 3.28. The fourth-order valence-corrected chi connectivity index (χ4v) is 3.19. The van der Waals surface area contributed by atoms with Crippen LogP contribution in [-0.2, 0) is 9.53 Å². The molecule has 0 radical (unpaired) electrons. The summed E-state index contributed by atoms with van der Waals surface area (Å²) >= 11 is 0. The van der Waals surface area contributed by atoms with Gasteiger partial charge in [0.2, 0.25) is 0 Å². The summed E-state index contributed by atoms with van der Waals surface area (Å²) in [7, 11) is 3.04. The van der Waals surface area contributed by atoms with Crippen molar-refractivity contribution in [3.8, 4) is 11.4 Å². The molecule has 1 saturated heterocycles. The highest BCUT2D eigenvalue weighted by Crippen LogP contribution is 2.33. The van der Waals surface area contributed by atoms with Crippen molar-refractivity contribution in [2.45, 2.75) is 24.5 Å². The molecule has 3 aromatic rings. The molecular formula is C17H18FN7O4. The first-order chi connectivity index (χ1) is 13.9. The number of imidazole rings is 1. The van der Waals surface area contributed by atoms with Gasteiger partial charge in [0.05, 0.1) is 12.5 Å². The first-order valence-corrected chi connectivity index (χ1v) is 8.71. The fraction of sp³-hybridized carbons (Fsp3) is 0.353. The number of carbonyl (C=O) groups excluding carboxylic acids is 1. The third-order valence-electron chi connectivity index (χ3n) is 4.64. The molecule has 0 bridgehead atoms. The van der Waals surface area contributed by atoms with E-state index in [1.54, 1.807) is 7.05 Å². The Morgan fingerprint density at radius 2 is 2.03 bits per heavy atom. The van der Waals surface area contributed by atoms with E-state index in [2.05, 4.69) is 30.6 Å². The van der Waals surface area contributed by atoms with Gasteiger partial charge in [0.25, 0.3) is 5.91 Å². The molecule has 152 valence electrons. The van der Waals surface area contributed by atoms with Crippen LogP contribution in [0.4, 0.5) is 10.2 Å². The Morgan fingerprint density at radius 3 is 2.72 bits per heavy atom. The Morgan fingerprint density at radius 1 is 1.24 bits per heavy atom. The van der Waals surface area contributed by atoms with E-state index in [1.165, 1.54) is 30.2 Å². The van der Waals surface area contributed by atoms with Gasteiger partial charge in [0.1, 0.15) is 18.0 Å². The number of nitrogens with zero attached hydrogens (tertiary/aromatic N) is 5. The molecule has 4 atom stereocenters. The predicted octanol–water partition coefficient (Wildman–Crippen LogP) is -0.566. The molecule has 1 amide bonds. The van der Waals surface area contributed by atoms with Crippen LogP contribution in [0.5, 0.6) is 0 Å². The maximum Gasteiger partial charge on any atom is 0.251 e.